The molecule has 0 saturated heterocycles. The third kappa shape index (κ3) is 2.82. The van der Waals surface area contributed by atoms with Gasteiger partial charge in [0.25, 0.3) is 0 Å². The second-order valence-corrected chi connectivity index (χ2v) is 5.40. The van der Waals surface area contributed by atoms with Gasteiger partial charge in [0, 0.05) is 10.4 Å². The Morgan fingerprint density at radius 3 is 2.62 bits per heavy atom. The van der Waals surface area contributed by atoms with E-state index in [0.717, 1.165) is 17.5 Å². The van der Waals surface area contributed by atoms with Gasteiger partial charge < -0.3 is 4.42 Å². The van der Waals surface area contributed by atoms with Gasteiger partial charge >= 0.3 is 0 Å². The summed E-state index contributed by atoms with van der Waals surface area (Å²) in [6, 6.07) is 7.62. The molecule has 0 spiro atoms. The zero-order valence-electron chi connectivity index (χ0n) is 8.29. The molecule has 0 aliphatic carbocycles. The summed E-state index contributed by atoms with van der Waals surface area (Å²) in [4.78, 5) is 0.225. The molecule has 1 heterocycles. The molecular formula is C12H9BrCl2O. The second-order valence-electron chi connectivity index (χ2n) is 3.48. The summed E-state index contributed by atoms with van der Waals surface area (Å²) in [6.07, 6.45) is 4.24. The van der Waals surface area contributed by atoms with Crippen LogP contribution >= 0.6 is 39.1 Å². The van der Waals surface area contributed by atoms with Gasteiger partial charge in [0.15, 0.2) is 0 Å². The van der Waals surface area contributed by atoms with Crippen molar-refractivity contribution in [1.29, 1.82) is 0 Å². The molecule has 84 valence electrons. The highest BCUT2D eigenvalue weighted by Crippen LogP contribution is 2.30. The van der Waals surface area contributed by atoms with E-state index in [4.69, 9.17) is 27.6 Å². The Bertz CT molecular complexity index is 468. The van der Waals surface area contributed by atoms with Gasteiger partial charge in [0.05, 0.1) is 22.6 Å². The predicted molar refractivity (Wildman–Crippen MR) is 70.5 cm³/mol. The van der Waals surface area contributed by atoms with Crippen molar-refractivity contribution in [2.75, 3.05) is 0 Å². The average molecular weight is 320 g/mol. The molecule has 1 aromatic carbocycles. The van der Waals surface area contributed by atoms with Crippen LogP contribution in [0.4, 0.5) is 0 Å². The molecule has 0 N–H and O–H groups in total. The minimum atomic E-state index is 0.225. The Labute approximate surface area is 112 Å². The predicted octanol–water partition coefficient (Wildman–Crippen LogP) is 5.27. The van der Waals surface area contributed by atoms with Crippen molar-refractivity contribution in [3.63, 3.8) is 0 Å². The first-order valence-electron chi connectivity index (χ1n) is 4.77. The number of rotatable bonds is 3. The highest BCUT2D eigenvalue weighted by Gasteiger charge is 2.10. The van der Waals surface area contributed by atoms with Gasteiger partial charge in [0.2, 0.25) is 0 Å². The molecule has 0 fully saturated rings. The molecule has 2 aromatic rings. The summed E-state index contributed by atoms with van der Waals surface area (Å²) in [5.74, 6) is 0. The van der Waals surface area contributed by atoms with Crippen molar-refractivity contribution in [2.24, 2.45) is 0 Å². The third-order valence-corrected chi connectivity index (χ3v) is 3.90. The fourth-order valence-corrected chi connectivity index (χ4v) is 2.40. The van der Waals surface area contributed by atoms with Crippen LogP contribution in [0.1, 0.15) is 16.0 Å². The van der Waals surface area contributed by atoms with Crippen LogP contribution in [0.15, 0.2) is 41.2 Å². The lowest BCUT2D eigenvalue weighted by molar-refractivity contribution is 0.563. The maximum Gasteiger partial charge on any atom is 0.0946 e. The minimum Gasteiger partial charge on any atom is -0.472 e. The molecular weight excluding hydrogens is 311 g/mol. The minimum absolute atomic E-state index is 0.225. The SMILES string of the molecule is Clc1ccc(CC(Br)c2ccoc2)cc1Cl. The molecule has 0 amide bonds. The molecule has 0 bridgehead atoms. The molecule has 0 aliphatic heterocycles. The second kappa shape index (κ2) is 5.26. The van der Waals surface area contributed by atoms with Gasteiger partial charge in [-0.2, -0.15) is 0 Å². The van der Waals surface area contributed by atoms with Crippen LogP contribution in [-0.4, -0.2) is 0 Å². The fourth-order valence-electron chi connectivity index (χ4n) is 1.44. The van der Waals surface area contributed by atoms with Crippen LogP contribution < -0.4 is 0 Å². The molecule has 1 atom stereocenters. The van der Waals surface area contributed by atoms with Crippen LogP contribution in [-0.2, 0) is 6.42 Å². The lowest BCUT2D eigenvalue weighted by atomic mass is 10.1. The zero-order valence-corrected chi connectivity index (χ0v) is 11.4. The normalized spacial score (nSPS) is 12.7. The number of benzene rings is 1. The highest BCUT2D eigenvalue weighted by atomic mass is 79.9. The number of alkyl halides is 1. The van der Waals surface area contributed by atoms with Crippen molar-refractivity contribution in [3.8, 4) is 0 Å². The maximum atomic E-state index is 5.96. The summed E-state index contributed by atoms with van der Waals surface area (Å²) < 4.78 is 5.04. The van der Waals surface area contributed by atoms with E-state index in [2.05, 4.69) is 15.9 Å². The largest absolute Gasteiger partial charge is 0.472 e. The number of hydrogen-bond acceptors (Lipinski definition) is 1. The monoisotopic (exact) mass is 318 g/mol. The first kappa shape index (κ1) is 12.0. The Balaban J connectivity index is 2.12. The van der Waals surface area contributed by atoms with Crippen LogP contribution in [0.2, 0.25) is 10.0 Å². The molecule has 1 unspecified atom stereocenters. The van der Waals surface area contributed by atoms with Crippen molar-refractivity contribution in [3.05, 3.63) is 58.0 Å². The van der Waals surface area contributed by atoms with Gasteiger partial charge in [-0.15, -0.1) is 0 Å². The molecule has 0 aliphatic rings. The number of hydrogen-bond donors (Lipinski definition) is 0. The first-order chi connectivity index (χ1) is 7.66. The summed E-state index contributed by atoms with van der Waals surface area (Å²) in [5, 5.41) is 1.17. The van der Waals surface area contributed by atoms with E-state index >= 15 is 0 Å². The lowest BCUT2D eigenvalue weighted by Crippen LogP contribution is -1.93. The van der Waals surface area contributed by atoms with E-state index in [9.17, 15) is 0 Å². The molecule has 0 saturated carbocycles. The number of furan rings is 1. The maximum absolute atomic E-state index is 5.96. The molecule has 4 heteroatoms. The third-order valence-electron chi connectivity index (χ3n) is 2.30. The summed E-state index contributed by atoms with van der Waals surface area (Å²) in [5.41, 5.74) is 2.25. The summed E-state index contributed by atoms with van der Waals surface area (Å²) in [7, 11) is 0. The summed E-state index contributed by atoms with van der Waals surface area (Å²) >= 11 is 15.4. The van der Waals surface area contributed by atoms with E-state index in [1.807, 2.05) is 24.3 Å². The van der Waals surface area contributed by atoms with E-state index in [0.29, 0.717) is 10.0 Å². The molecule has 0 radical (unpaired) electrons. The van der Waals surface area contributed by atoms with Crippen molar-refractivity contribution in [1.82, 2.24) is 0 Å². The van der Waals surface area contributed by atoms with Crippen LogP contribution in [0.3, 0.4) is 0 Å². The average Bonchev–Trinajstić information content (AvgIpc) is 2.77. The molecule has 16 heavy (non-hydrogen) atoms. The van der Waals surface area contributed by atoms with E-state index in [1.165, 1.54) is 0 Å². The van der Waals surface area contributed by atoms with Gasteiger partial charge in [-0.05, 0) is 30.2 Å². The smallest absolute Gasteiger partial charge is 0.0946 e. The van der Waals surface area contributed by atoms with Crippen LogP contribution in [0, 0.1) is 0 Å². The Hall–Kier alpha value is -0.440. The zero-order chi connectivity index (χ0) is 11.5. The number of halogens is 3. The molecule has 1 aromatic heterocycles. The fraction of sp³-hybridized carbons (Fsp3) is 0.167. The summed E-state index contributed by atoms with van der Waals surface area (Å²) in [6.45, 7) is 0. The quantitative estimate of drug-likeness (QED) is 0.703. The molecule has 1 nitrogen and oxygen atoms in total. The van der Waals surface area contributed by atoms with Crippen molar-refractivity contribution >= 4 is 39.1 Å². The topological polar surface area (TPSA) is 13.1 Å². The van der Waals surface area contributed by atoms with E-state index < -0.39 is 0 Å². The van der Waals surface area contributed by atoms with Crippen LogP contribution in [0.25, 0.3) is 0 Å². The van der Waals surface area contributed by atoms with Gasteiger partial charge in [0.1, 0.15) is 0 Å². The standard InChI is InChI=1S/C12H9BrCl2O/c13-10(9-3-4-16-7-9)5-8-1-2-11(14)12(15)6-8/h1-4,6-7,10H,5H2. The Kier molecular flexibility index (Phi) is 3.95. The van der Waals surface area contributed by atoms with Crippen LogP contribution in [0.5, 0.6) is 0 Å². The van der Waals surface area contributed by atoms with E-state index in [-0.39, 0.29) is 4.83 Å². The van der Waals surface area contributed by atoms with Crippen molar-refractivity contribution < 1.29 is 4.42 Å². The Morgan fingerprint density at radius 2 is 2.00 bits per heavy atom. The molecule has 2 rings (SSSR count). The first-order valence-corrected chi connectivity index (χ1v) is 6.44. The highest BCUT2D eigenvalue weighted by molar-refractivity contribution is 9.09. The van der Waals surface area contributed by atoms with E-state index in [1.54, 1.807) is 12.5 Å². The lowest BCUT2D eigenvalue weighted by Gasteiger charge is -2.08. The Morgan fingerprint density at radius 1 is 1.19 bits per heavy atom. The van der Waals surface area contributed by atoms with Gasteiger partial charge in [-0.1, -0.05) is 45.2 Å². The van der Waals surface area contributed by atoms with Gasteiger partial charge in [-0.3, -0.25) is 0 Å². The van der Waals surface area contributed by atoms with Crippen molar-refractivity contribution in [2.45, 2.75) is 11.2 Å². The van der Waals surface area contributed by atoms with Gasteiger partial charge in [-0.25, -0.2) is 0 Å².